The third-order valence-electron chi connectivity index (χ3n) is 2.83. The van der Waals surface area contributed by atoms with E-state index in [9.17, 15) is 8.78 Å². The highest BCUT2D eigenvalue weighted by molar-refractivity contribution is 9.10. The monoisotopic (exact) mass is 360 g/mol. The molecule has 0 heterocycles. The molecule has 6 heteroatoms. The molecular weight excluding hydrogens is 350 g/mol. The highest BCUT2D eigenvalue weighted by Crippen LogP contribution is 2.30. The Morgan fingerprint density at radius 1 is 1.15 bits per heavy atom. The first-order chi connectivity index (χ1) is 9.51. The smallest absolute Gasteiger partial charge is 0.125 e. The van der Waals surface area contributed by atoms with E-state index >= 15 is 0 Å². The lowest BCUT2D eigenvalue weighted by molar-refractivity contribution is 0.620. The van der Waals surface area contributed by atoms with E-state index in [1.165, 1.54) is 30.3 Å². The Morgan fingerprint density at radius 3 is 2.50 bits per heavy atom. The van der Waals surface area contributed by atoms with E-state index in [1.807, 2.05) is 0 Å². The second-order valence-electron chi connectivity index (χ2n) is 4.22. The molecule has 106 valence electrons. The number of nitrogens with two attached hydrogens (primary N) is 1. The van der Waals surface area contributed by atoms with Crippen molar-refractivity contribution in [1.82, 2.24) is 0 Å². The van der Waals surface area contributed by atoms with Gasteiger partial charge in [-0.25, -0.2) is 8.78 Å². The quantitative estimate of drug-likeness (QED) is 0.842. The van der Waals surface area contributed by atoms with Crippen molar-refractivity contribution < 1.29 is 8.78 Å². The standard InChI is InChI=1S/C14H12BrClF2N2/c15-11-3-1-8(17)5-10(11)14(7-19)20-13-6-9(18)2-4-12(13)16/h1-6,14,20H,7,19H2. The van der Waals surface area contributed by atoms with Crippen LogP contribution in [0.5, 0.6) is 0 Å². The number of hydrogen-bond acceptors (Lipinski definition) is 2. The molecule has 0 saturated carbocycles. The summed E-state index contributed by atoms with van der Waals surface area (Å²) in [5.74, 6) is -0.778. The maximum atomic E-state index is 13.4. The molecule has 0 aromatic heterocycles. The van der Waals surface area contributed by atoms with Crippen molar-refractivity contribution in [3.05, 3.63) is 63.1 Å². The highest BCUT2D eigenvalue weighted by atomic mass is 79.9. The minimum atomic E-state index is -0.411. The Kier molecular flexibility index (Phi) is 4.96. The number of benzene rings is 2. The van der Waals surface area contributed by atoms with Crippen LogP contribution in [0.3, 0.4) is 0 Å². The lowest BCUT2D eigenvalue weighted by atomic mass is 10.1. The summed E-state index contributed by atoms with van der Waals surface area (Å²) in [6.45, 7) is 0.203. The van der Waals surface area contributed by atoms with Gasteiger partial charge in [-0.3, -0.25) is 0 Å². The van der Waals surface area contributed by atoms with Gasteiger partial charge in [-0.2, -0.15) is 0 Å². The molecule has 20 heavy (non-hydrogen) atoms. The first-order valence-electron chi connectivity index (χ1n) is 5.88. The Hall–Kier alpha value is -1.17. The lowest BCUT2D eigenvalue weighted by Crippen LogP contribution is -2.21. The minimum absolute atomic E-state index is 0.203. The molecular formula is C14H12BrClF2N2. The number of hydrogen-bond donors (Lipinski definition) is 2. The van der Waals surface area contributed by atoms with Gasteiger partial charge in [-0.1, -0.05) is 27.5 Å². The van der Waals surface area contributed by atoms with E-state index in [0.717, 1.165) is 4.47 Å². The zero-order valence-electron chi connectivity index (χ0n) is 10.3. The van der Waals surface area contributed by atoms with Gasteiger partial charge in [0.25, 0.3) is 0 Å². The summed E-state index contributed by atoms with van der Waals surface area (Å²) in [5, 5.41) is 3.40. The molecule has 3 N–H and O–H groups in total. The zero-order chi connectivity index (χ0) is 14.7. The third-order valence-corrected chi connectivity index (χ3v) is 3.88. The summed E-state index contributed by atoms with van der Waals surface area (Å²) in [7, 11) is 0. The molecule has 0 aliphatic heterocycles. The van der Waals surface area contributed by atoms with Gasteiger partial charge >= 0.3 is 0 Å². The van der Waals surface area contributed by atoms with Gasteiger partial charge in [0.2, 0.25) is 0 Å². The van der Waals surface area contributed by atoms with E-state index in [1.54, 1.807) is 6.07 Å². The van der Waals surface area contributed by atoms with E-state index in [-0.39, 0.29) is 18.4 Å². The topological polar surface area (TPSA) is 38.0 Å². The SMILES string of the molecule is NCC(Nc1cc(F)ccc1Cl)c1cc(F)ccc1Br. The average molecular weight is 362 g/mol. The van der Waals surface area contributed by atoms with Gasteiger partial charge in [0, 0.05) is 11.0 Å². The van der Waals surface area contributed by atoms with E-state index < -0.39 is 5.82 Å². The first kappa shape index (κ1) is 15.2. The molecule has 0 bridgehead atoms. The molecule has 0 fully saturated rings. The van der Waals surface area contributed by atoms with Gasteiger partial charge in [-0.15, -0.1) is 0 Å². The van der Waals surface area contributed by atoms with Crippen molar-refractivity contribution in [2.75, 3.05) is 11.9 Å². The van der Waals surface area contributed by atoms with E-state index in [2.05, 4.69) is 21.2 Å². The summed E-state index contributed by atoms with van der Waals surface area (Å²) in [5.41, 5.74) is 6.78. The Balaban J connectivity index is 2.33. The summed E-state index contributed by atoms with van der Waals surface area (Å²) in [4.78, 5) is 0. The molecule has 0 aliphatic rings. The van der Waals surface area contributed by atoms with Gasteiger partial charge in [0.1, 0.15) is 11.6 Å². The third kappa shape index (κ3) is 3.48. The fourth-order valence-corrected chi connectivity index (χ4v) is 2.54. The van der Waals surface area contributed by atoms with E-state index in [0.29, 0.717) is 16.3 Å². The van der Waals surface area contributed by atoms with Crippen molar-refractivity contribution in [3.63, 3.8) is 0 Å². The lowest BCUT2D eigenvalue weighted by Gasteiger charge is -2.21. The maximum absolute atomic E-state index is 13.4. The van der Waals surface area contributed by atoms with Crippen molar-refractivity contribution in [1.29, 1.82) is 0 Å². The van der Waals surface area contributed by atoms with Crippen molar-refractivity contribution in [2.24, 2.45) is 5.73 Å². The molecule has 1 atom stereocenters. The number of halogens is 4. The molecule has 2 aromatic rings. The molecule has 2 rings (SSSR count). The second kappa shape index (κ2) is 6.52. The number of nitrogens with one attached hydrogen (secondary N) is 1. The Morgan fingerprint density at radius 2 is 1.80 bits per heavy atom. The summed E-state index contributed by atoms with van der Waals surface area (Å²) in [6, 6.07) is 7.93. The average Bonchev–Trinajstić information content (AvgIpc) is 2.42. The summed E-state index contributed by atoms with van der Waals surface area (Å²) in [6.07, 6.45) is 0. The first-order valence-corrected chi connectivity index (χ1v) is 7.05. The molecule has 0 saturated heterocycles. The molecule has 0 radical (unpaired) electrons. The zero-order valence-corrected chi connectivity index (χ0v) is 12.7. The second-order valence-corrected chi connectivity index (χ2v) is 5.48. The fraction of sp³-hybridized carbons (Fsp3) is 0.143. The molecule has 2 aromatic carbocycles. The van der Waals surface area contributed by atoms with Gasteiger partial charge in [0.15, 0.2) is 0 Å². The van der Waals surface area contributed by atoms with Crippen LogP contribution in [0.15, 0.2) is 40.9 Å². The largest absolute Gasteiger partial charge is 0.376 e. The molecule has 0 spiro atoms. The van der Waals surface area contributed by atoms with Crippen LogP contribution in [0.2, 0.25) is 5.02 Å². The molecule has 0 amide bonds. The number of rotatable bonds is 4. The highest BCUT2D eigenvalue weighted by Gasteiger charge is 2.15. The van der Waals surface area contributed by atoms with Crippen LogP contribution in [0.4, 0.5) is 14.5 Å². The predicted octanol–water partition coefficient (Wildman–Crippen LogP) is 4.49. The van der Waals surface area contributed by atoms with Crippen molar-refractivity contribution in [3.8, 4) is 0 Å². The van der Waals surface area contributed by atoms with Crippen LogP contribution in [0, 0.1) is 11.6 Å². The Labute approximate surface area is 129 Å². The molecule has 2 nitrogen and oxygen atoms in total. The molecule has 1 unspecified atom stereocenters. The van der Waals surface area contributed by atoms with E-state index in [4.69, 9.17) is 17.3 Å². The molecule has 0 aliphatic carbocycles. The van der Waals surface area contributed by atoms with Crippen LogP contribution >= 0.6 is 27.5 Å². The normalized spacial score (nSPS) is 12.2. The summed E-state index contributed by atoms with van der Waals surface area (Å²) < 4.78 is 27.3. The minimum Gasteiger partial charge on any atom is -0.376 e. The summed E-state index contributed by atoms with van der Waals surface area (Å²) >= 11 is 9.35. The predicted molar refractivity (Wildman–Crippen MR) is 80.9 cm³/mol. The van der Waals surface area contributed by atoms with Crippen LogP contribution in [-0.2, 0) is 0 Å². The Bertz CT molecular complexity index is 622. The fourth-order valence-electron chi connectivity index (χ4n) is 1.84. The van der Waals surface area contributed by atoms with Crippen molar-refractivity contribution in [2.45, 2.75) is 6.04 Å². The van der Waals surface area contributed by atoms with Gasteiger partial charge < -0.3 is 11.1 Å². The van der Waals surface area contributed by atoms with Crippen LogP contribution in [0.25, 0.3) is 0 Å². The van der Waals surface area contributed by atoms with Crippen LogP contribution in [0.1, 0.15) is 11.6 Å². The maximum Gasteiger partial charge on any atom is 0.125 e. The van der Waals surface area contributed by atoms with Gasteiger partial charge in [0.05, 0.1) is 16.8 Å². The van der Waals surface area contributed by atoms with Crippen molar-refractivity contribution >= 4 is 33.2 Å². The number of anilines is 1. The van der Waals surface area contributed by atoms with Crippen LogP contribution < -0.4 is 11.1 Å². The van der Waals surface area contributed by atoms with Gasteiger partial charge in [-0.05, 0) is 42.0 Å². The van der Waals surface area contributed by atoms with Crippen LogP contribution in [-0.4, -0.2) is 6.54 Å².